The van der Waals surface area contributed by atoms with E-state index in [2.05, 4.69) is 20.9 Å². The van der Waals surface area contributed by atoms with Gasteiger partial charge in [0.15, 0.2) is 5.58 Å². The van der Waals surface area contributed by atoms with Gasteiger partial charge in [0.25, 0.3) is 0 Å². The van der Waals surface area contributed by atoms with E-state index in [4.69, 9.17) is 9.15 Å². The molecule has 3 aromatic rings. The molecule has 0 aliphatic heterocycles. The number of halogens is 4. The molecule has 0 aliphatic rings. The molecule has 1 amide bonds. The van der Waals surface area contributed by atoms with Crippen LogP contribution in [0.5, 0.6) is 5.75 Å². The highest BCUT2D eigenvalue weighted by Crippen LogP contribution is 2.33. The molecule has 0 radical (unpaired) electrons. The Labute approximate surface area is 154 Å². The minimum atomic E-state index is -4.95. The Morgan fingerprint density at radius 1 is 1.23 bits per heavy atom. The molecule has 3 rings (SSSR count). The average Bonchev–Trinajstić information content (AvgIpc) is 3.02. The zero-order valence-corrected chi connectivity index (χ0v) is 15.2. The van der Waals surface area contributed by atoms with Gasteiger partial charge in [-0.1, -0.05) is 0 Å². The van der Waals surface area contributed by atoms with Crippen molar-refractivity contribution in [2.45, 2.75) is 6.18 Å². The second-order valence-corrected chi connectivity index (χ2v) is 6.24. The van der Waals surface area contributed by atoms with Gasteiger partial charge in [0, 0.05) is 18.3 Å². The van der Waals surface area contributed by atoms with Gasteiger partial charge in [0.05, 0.1) is 11.6 Å². The summed E-state index contributed by atoms with van der Waals surface area (Å²) in [5, 5.41) is 0. The molecule has 9 heteroatoms. The third kappa shape index (κ3) is 3.39. The first-order valence-electron chi connectivity index (χ1n) is 7.30. The molecule has 0 atom stereocenters. The molecule has 136 valence electrons. The lowest BCUT2D eigenvalue weighted by molar-refractivity contribution is -0.170. The van der Waals surface area contributed by atoms with Crippen molar-refractivity contribution in [2.24, 2.45) is 0 Å². The number of amides is 1. The van der Waals surface area contributed by atoms with E-state index in [0.29, 0.717) is 37.7 Å². The maximum atomic E-state index is 12.6. The second-order valence-electron chi connectivity index (χ2n) is 5.38. The number of nitrogens with zero attached hydrogens (tertiary/aromatic N) is 2. The monoisotopic (exact) mass is 428 g/mol. The number of oxazole rings is 1. The number of rotatable bonds is 3. The Balaban J connectivity index is 1.97. The van der Waals surface area contributed by atoms with Crippen molar-refractivity contribution in [2.75, 3.05) is 19.1 Å². The fraction of sp³-hybridized carbons (Fsp3) is 0.176. The normalized spacial score (nSPS) is 11.6. The topological polar surface area (TPSA) is 55.6 Å². The Hall–Kier alpha value is -2.55. The van der Waals surface area contributed by atoms with Crippen molar-refractivity contribution < 1.29 is 27.1 Å². The van der Waals surface area contributed by atoms with E-state index < -0.39 is 12.1 Å². The lowest BCUT2D eigenvalue weighted by atomic mass is 10.2. The lowest BCUT2D eigenvalue weighted by Crippen LogP contribution is -2.38. The van der Waals surface area contributed by atoms with Gasteiger partial charge < -0.3 is 14.1 Å². The number of ether oxygens (including phenoxy) is 1. The van der Waals surface area contributed by atoms with Crippen LogP contribution in [-0.4, -0.2) is 31.2 Å². The number of anilines is 1. The summed E-state index contributed by atoms with van der Waals surface area (Å²) in [6, 6.07) is 9.43. The standard InChI is InChI=1S/C17H12BrF3N2O3/c1-23(16(24)17(19,20)21)10-4-6-14-12(8-10)22-15(26-14)9-3-5-13(25-2)11(18)7-9/h3-8H,1-2H3. The van der Waals surface area contributed by atoms with Crippen molar-refractivity contribution in [3.05, 3.63) is 40.9 Å². The Kier molecular flexibility index (Phi) is 4.66. The van der Waals surface area contributed by atoms with E-state index in [-0.39, 0.29) is 5.69 Å². The summed E-state index contributed by atoms with van der Waals surface area (Å²) in [6.07, 6.45) is -4.95. The van der Waals surface area contributed by atoms with Crippen LogP contribution in [0.2, 0.25) is 0 Å². The van der Waals surface area contributed by atoms with Crippen LogP contribution in [0, 0.1) is 0 Å². The fourth-order valence-corrected chi connectivity index (χ4v) is 2.90. The highest BCUT2D eigenvalue weighted by Gasteiger charge is 2.41. The third-order valence-corrected chi connectivity index (χ3v) is 4.32. The van der Waals surface area contributed by atoms with Crippen molar-refractivity contribution in [1.29, 1.82) is 0 Å². The number of alkyl halides is 3. The smallest absolute Gasteiger partial charge is 0.471 e. The molecule has 0 spiro atoms. The molecule has 1 heterocycles. The zero-order chi connectivity index (χ0) is 19.1. The maximum Gasteiger partial charge on any atom is 0.471 e. The molecule has 0 fully saturated rings. The molecule has 1 aromatic heterocycles. The van der Waals surface area contributed by atoms with Crippen LogP contribution in [0.25, 0.3) is 22.6 Å². The van der Waals surface area contributed by atoms with Crippen LogP contribution in [0.1, 0.15) is 0 Å². The van der Waals surface area contributed by atoms with Crippen LogP contribution in [0.15, 0.2) is 45.3 Å². The lowest BCUT2D eigenvalue weighted by Gasteiger charge is -2.18. The predicted octanol–water partition coefficient (Wildman–Crippen LogP) is 4.79. The van der Waals surface area contributed by atoms with Gasteiger partial charge in [-0.25, -0.2) is 4.98 Å². The summed E-state index contributed by atoms with van der Waals surface area (Å²) >= 11 is 3.37. The van der Waals surface area contributed by atoms with Crippen LogP contribution in [0.4, 0.5) is 18.9 Å². The van der Waals surface area contributed by atoms with E-state index >= 15 is 0 Å². The van der Waals surface area contributed by atoms with E-state index in [1.165, 1.54) is 18.2 Å². The van der Waals surface area contributed by atoms with E-state index in [9.17, 15) is 18.0 Å². The van der Waals surface area contributed by atoms with Crippen LogP contribution in [0.3, 0.4) is 0 Å². The number of hydrogen-bond donors (Lipinski definition) is 0. The van der Waals surface area contributed by atoms with Gasteiger partial charge in [0.1, 0.15) is 11.3 Å². The summed E-state index contributed by atoms with van der Waals surface area (Å²) in [5.74, 6) is -1.02. The van der Waals surface area contributed by atoms with Crippen molar-refractivity contribution >= 4 is 38.6 Å². The molecule has 0 saturated heterocycles. The molecule has 0 bridgehead atoms. The SMILES string of the molecule is COc1ccc(-c2nc3cc(N(C)C(=O)C(F)(F)F)ccc3o2)cc1Br. The van der Waals surface area contributed by atoms with Crippen LogP contribution >= 0.6 is 15.9 Å². The minimum Gasteiger partial charge on any atom is -0.496 e. The number of benzene rings is 2. The van der Waals surface area contributed by atoms with Gasteiger partial charge in [-0.2, -0.15) is 13.2 Å². The summed E-state index contributed by atoms with van der Waals surface area (Å²) in [7, 11) is 2.60. The average molecular weight is 429 g/mol. The first-order valence-corrected chi connectivity index (χ1v) is 8.09. The predicted molar refractivity (Wildman–Crippen MR) is 93.2 cm³/mol. The third-order valence-electron chi connectivity index (χ3n) is 3.70. The van der Waals surface area contributed by atoms with E-state index in [0.717, 1.165) is 7.05 Å². The first-order chi connectivity index (χ1) is 12.2. The highest BCUT2D eigenvalue weighted by molar-refractivity contribution is 9.10. The number of aromatic nitrogens is 1. The number of carbonyl (C=O) groups is 1. The van der Waals surface area contributed by atoms with E-state index in [1.807, 2.05) is 0 Å². The Bertz CT molecular complexity index is 985. The van der Waals surface area contributed by atoms with Gasteiger partial charge in [-0.05, 0) is 52.3 Å². The quantitative estimate of drug-likeness (QED) is 0.601. The van der Waals surface area contributed by atoms with Gasteiger partial charge >= 0.3 is 12.1 Å². The van der Waals surface area contributed by atoms with Crippen molar-refractivity contribution in [3.63, 3.8) is 0 Å². The molecule has 26 heavy (non-hydrogen) atoms. The van der Waals surface area contributed by atoms with E-state index in [1.54, 1.807) is 25.3 Å². The number of carbonyl (C=O) groups excluding carboxylic acids is 1. The van der Waals surface area contributed by atoms with Crippen LogP contribution < -0.4 is 9.64 Å². The van der Waals surface area contributed by atoms with Crippen molar-refractivity contribution in [1.82, 2.24) is 4.98 Å². The van der Waals surface area contributed by atoms with Crippen molar-refractivity contribution in [3.8, 4) is 17.2 Å². The molecular formula is C17H12BrF3N2O3. The summed E-state index contributed by atoms with van der Waals surface area (Å²) < 4.78 is 49.3. The van der Waals surface area contributed by atoms with Gasteiger partial charge in [-0.15, -0.1) is 0 Å². The van der Waals surface area contributed by atoms with Gasteiger partial charge in [0.2, 0.25) is 5.89 Å². The minimum absolute atomic E-state index is 0.0654. The fourth-order valence-electron chi connectivity index (χ4n) is 2.35. The molecule has 0 unspecified atom stereocenters. The van der Waals surface area contributed by atoms with Crippen LogP contribution in [-0.2, 0) is 4.79 Å². The second kappa shape index (κ2) is 6.64. The number of hydrogen-bond acceptors (Lipinski definition) is 4. The van der Waals surface area contributed by atoms with Gasteiger partial charge in [-0.3, -0.25) is 4.79 Å². The summed E-state index contributed by atoms with van der Waals surface area (Å²) in [6.45, 7) is 0. The zero-order valence-electron chi connectivity index (χ0n) is 13.6. The highest BCUT2D eigenvalue weighted by atomic mass is 79.9. The molecule has 5 nitrogen and oxygen atoms in total. The number of fused-ring (bicyclic) bond motifs is 1. The summed E-state index contributed by atoms with van der Waals surface area (Å²) in [4.78, 5) is 16.2. The molecule has 0 saturated carbocycles. The largest absolute Gasteiger partial charge is 0.496 e. The maximum absolute atomic E-state index is 12.6. The summed E-state index contributed by atoms with van der Waals surface area (Å²) in [5.41, 5.74) is 1.46. The molecule has 0 aliphatic carbocycles. The molecular weight excluding hydrogens is 417 g/mol. The Morgan fingerprint density at radius 2 is 1.96 bits per heavy atom. The molecule has 2 aromatic carbocycles. The molecule has 0 N–H and O–H groups in total. The Morgan fingerprint density at radius 3 is 2.58 bits per heavy atom. The number of methoxy groups -OCH3 is 1. The first kappa shape index (κ1) is 18.2.